The van der Waals surface area contributed by atoms with Crippen LogP contribution in [0.4, 0.5) is 0 Å². The van der Waals surface area contributed by atoms with Crippen molar-refractivity contribution in [1.82, 2.24) is 23.2 Å². The molecule has 344 valence electrons. The zero-order valence-electron chi connectivity index (χ0n) is 40.3. The second-order valence-corrected chi connectivity index (χ2v) is 20.4. The number of pyridine rings is 2. The van der Waals surface area contributed by atoms with Crippen LogP contribution in [0.15, 0.2) is 237 Å². The fourth-order valence-corrected chi connectivity index (χ4v) is 13.4. The molecule has 0 amide bonds. The number of rotatable bonds is 5. The van der Waals surface area contributed by atoms with E-state index in [1.807, 2.05) is 0 Å². The quantitative estimate of drug-likeness (QED) is 0.172. The van der Waals surface area contributed by atoms with Gasteiger partial charge in [-0.2, -0.15) is 0 Å². The van der Waals surface area contributed by atoms with Crippen LogP contribution in [0.3, 0.4) is 0 Å². The average molecular weight is 950 g/mol. The smallest absolute Gasteiger partial charge is 0.0977 e. The first-order valence-electron chi connectivity index (χ1n) is 25.8. The Bertz CT molecular complexity index is 5140. The van der Waals surface area contributed by atoms with Gasteiger partial charge in [-0.05, 0) is 88.5 Å². The van der Waals surface area contributed by atoms with Gasteiger partial charge in [0.05, 0.1) is 72.1 Å². The van der Waals surface area contributed by atoms with E-state index in [1.165, 1.54) is 81.9 Å². The van der Waals surface area contributed by atoms with Gasteiger partial charge >= 0.3 is 0 Å². The molecule has 0 radical (unpaired) electrons. The minimum atomic E-state index is 0.954. The fraction of sp³-hybridized carbons (Fsp3) is 0. The molecule has 0 aliphatic carbocycles. The van der Waals surface area contributed by atoms with Crippen molar-refractivity contribution in [2.24, 2.45) is 0 Å². The van der Waals surface area contributed by atoms with Crippen LogP contribution >= 0.6 is 0 Å². The highest BCUT2D eigenvalue weighted by Gasteiger charge is 2.30. The van der Waals surface area contributed by atoms with Gasteiger partial charge in [0.1, 0.15) is 0 Å². The monoisotopic (exact) mass is 949 g/mol. The molecule has 0 N–H and O–H groups in total. The Morgan fingerprint density at radius 2 is 0.613 bits per heavy atom. The van der Waals surface area contributed by atoms with Crippen LogP contribution in [0, 0.1) is 0 Å². The van der Waals surface area contributed by atoms with Gasteiger partial charge in [-0.3, -0.25) is 0 Å². The van der Waals surface area contributed by atoms with E-state index in [2.05, 4.69) is 250 Å². The van der Waals surface area contributed by atoms with Gasteiger partial charge in [0.25, 0.3) is 0 Å². The van der Waals surface area contributed by atoms with Crippen LogP contribution < -0.4 is 0 Å². The number of aromatic nitrogens is 5. The van der Waals surface area contributed by atoms with E-state index in [9.17, 15) is 0 Å². The maximum atomic E-state index is 5.74. The Morgan fingerprint density at radius 1 is 0.213 bits per heavy atom. The predicted molar refractivity (Wildman–Crippen MR) is 313 cm³/mol. The molecule has 0 bridgehead atoms. The molecule has 0 unspecified atom stereocenters. The summed E-state index contributed by atoms with van der Waals surface area (Å²) in [6.45, 7) is 0. The molecule has 0 spiro atoms. The SMILES string of the molecule is c1ccc(-c2ccc3c(c2)c2cc(-c4ccccc4)nc4c5cc6c7nc(-c8ccccc8)cc8c9cc(-c%10ccccc%10)ccc9n(c6c(-c6ccc9c(c6)c6cccc%10c%11ccccc%11n9c%106)c5n3c24)c87)cc1. The molecular weight excluding hydrogens is 911 g/mol. The summed E-state index contributed by atoms with van der Waals surface area (Å²) >= 11 is 0. The van der Waals surface area contributed by atoms with Crippen LogP contribution in [0.5, 0.6) is 0 Å². The lowest BCUT2D eigenvalue weighted by molar-refractivity contribution is 1.34. The van der Waals surface area contributed by atoms with Crippen molar-refractivity contribution in [2.45, 2.75) is 0 Å². The lowest BCUT2D eigenvalue weighted by Crippen LogP contribution is -1.92. The van der Waals surface area contributed by atoms with Crippen molar-refractivity contribution < 1.29 is 0 Å². The molecule has 8 heterocycles. The summed E-state index contributed by atoms with van der Waals surface area (Å²) in [5.74, 6) is 0. The Hall–Kier alpha value is -10.1. The van der Waals surface area contributed by atoms with Gasteiger partial charge in [0.15, 0.2) is 0 Å². The van der Waals surface area contributed by atoms with Gasteiger partial charge < -0.3 is 13.2 Å². The summed E-state index contributed by atoms with van der Waals surface area (Å²) in [6.07, 6.45) is 0. The third-order valence-corrected chi connectivity index (χ3v) is 16.6. The highest BCUT2D eigenvalue weighted by atomic mass is 15.0. The molecule has 18 aromatic rings. The second-order valence-electron chi connectivity index (χ2n) is 20.4. The minimum Gasteiger partial charge on any atom is -0.308 e. The van der Waals surface area contributed by atoms with Crippen molar-refractivity contribution in [1.29, 1.82) is 0 Å². The number of hydrogen-bond acceptors (Lipinski definition) is 2. The molecule has 75 heavy (non-hydrogen) atoms. The zero-order valence-corrected chi connectivity index (χ0v) is 40.3. The van der Waals surface area contributed by atoms with Gasteiger partial charge in [-0.15, -0.1) is 0 Å². The number of nitrogens with zero attached hydrogens (tertiary/aromatic N) is 5. The molecule has 10 aromatic carbocycles. The summed E-state index contributed by atoms with van der Waals surface area (Å²) < 4.78 is 7.58. The zero-order chi connectivity index (χ0) is 48.6. The van der Waals surface area contributed by atoms with Gasteiger partial charge in [0.2, 0.25) is 0 Å². The van der Waals surface area contributed by atoms with Gasteiger partial charge in [-0.1, -0.05) is 176 Å². The molecule has 8 aromatic heterocycles. The number of fused-ring (bicyclic) bond motifs is 18. The molecule has 5 heteroatoms. The van der Waals surface area contributed by atoms with Crippen molar-refractivity contribution in [3.8, 4) is 55.9 Å². The standard InChI is InChI=1S/C70H39N5/c1-5-16-40(17-6-1)44-28-31-61-51(34-44)53-38-57(42-20-9-3-10-21-42)71-64-55-37-56-65-70-54(39-58(72-65)43-22-11-4-12-23-43)52-35-45(41-18-7-2-8-19-41)29-32-62(52)75(70)68(56)63(67(55)74(61)69(53)64)46-30-33-60-50(36-46)49-26-15-25-48-47-24-13-14-27-59(47)73(60)66(48)49/h1-39H. The Morgan fingerprint density at radius 3 is 1.15 bits per heavy atom. The topological polar surface area (TPSA) is 39.0 Å². The second kappa shape index (κ2) is 14.3. The van der Waals surface area contributed by atoms with Crippen LogP contribution in [0.2, 0.25) is 0 Å². The molecule has 0 atom stereocenters. The average Bonchev–Trinajstić information content (AvgIpc) is 4.41. The van der Waals surface area contributed by atoms with E-state index < -0.39 is 0 Å². The highest BCUT2D eigenvalue weighted by Crippen LogP contribution is 2.51. The molecule has 0 saturated heterocycles. The van der Waals surface area contributed by atoms with E-state index in [1.54, 1.807) is 0 Å². The largest absolute Gasteiger partial charge is 0.308 e. The summed E-state index contributed by atoms with van der Waals surface area (Å²) in [4.78, 5) is 11.5. The van der Waals surface area contributed by atoms with Crippen LogP contribution in [0.25, 0.3) is 170 Å². The first-order valence-corrected chi connectivity index (χ1v) is 25.8. The van der Waals surface area contributed by atoms with E-state index >= 15 is 0 Å². The van der Waals surface area contributed by atoms with Crippen LogP contribution in [0.1, 0.15) is 0 Å². The van der Waals surface area contributed by atoms with Crippen molar-refractivity contribution >= 4 is 115 Å². The molecule has 0 aliphatic heterocycles. The highest BCUT2D eigenvalue weighted by molar-refractivity contribution is 6.33. The summed E-state index contributed by atoms with van der Waals surface area (Å²) in [6, 6.07) is 86.9. The van der Waals surface area contributed by atoms with Crippen molar-refractivity contribution in [3.63, 3.8) is 0 Å². The normalized spacial score (nSPS) is 12.5. The first kappa shape index (κ1) is 39.5. The molecule has 0 aliphatic rings. The maximum absolute atomic E-state index is 5.74. The van der Waals surface area contributed by atoms with E-state index in [0.717, 1.165) is 88.5 Å². The third-order valence-electron chi connectivity index (χ3n) is 16.6. The molecule has 0 saturated carbocycles. The minimum absolute atomic E-state index is 0.954. The number of hydrogen-bond donors (Lipinski definition) is 0. The van der Waals surface area contributed by atoms with Crippen molar-refractivity contribution in [2.75, 3.05) is 0 Å². The summed E-state index contributed by atoms with van der Waals surface area (Å²) in [5.41, 5.74) is 23.7. The summed E-state index contributed by atoms with van der Waals surface area (Å²) in [5, 5.41) is 12.0. The third kappa shape index (κ3) is 5.16. The Kier molecular flexibility index (Phi) is 7.54. The first-order chi connectivity index (χ1) is 37.2. The molecule has 5 nitrogen and oxygen atoms in total. The fourth-order valence-electron chi connectivity index (χ4n) is 13.4. The lowest BCUT2D eigenvalue weighted by Gasteiger charge is -2.12. The van der Waals surface area contributed by atoms with E-state index in [4.69, 9.17) is 9.97 Å². The number of benzene rings is 10. The Balaban J connectivity index is 1.07. The van der Waals surface area contributed by atoms with Crippen LogP contribution in [-0.4, -0.2) is 23.2 Å². The molecule has 0 fully saturated rings. The number of para-hydroxylation sites is 2. The maximum Gasteiger partial charge on any atom is 0.0977 e. The Labute approximate surface area is 428 Å². The van der Waals surface area contributed by atoms with Crippen LogP contribution in [-0.2, 0) is 0 Å². The van der Waals surface area contributed by atoms with E-state index in [0.29, 0.717) is 0 Å². The summed E-state index contributed by atoms with van der Waals surface area (Å²) in [7, 11) is 0. The molecule has 18 rings (SSSR count). The van der Waals surface area contributed by atoms with Gasteiger partial charge in [0, 0.05) is 70.6 Å². The lowest BCUT2D eigenvalue weighted by atomic mass is 9.96. The van der Waals surface area contributed by atoms with E-state index in [-0.39, 0.29) is 0 Å². The van der Waals surface area contributed by atoms with Crippen molar-refractivity contribution in [3.05, 3.63) is 237 Å². The van der Waals surface area contributed by atoms with Gasteiger partial charge in [-0.25, -0.2) is 9.97 Å². The predicted octanol–water partition coefficient (Wildman–Crippen LogP) is 18.3. The molecular formula is C70H39N5.